The van der Waals surface area contributed by atoms with Gasteiger partial charge in [0.05, 0.1) is 11.6 Å². The number of aromatic nitrogens is 3. The molecule has 1 aliphatic rings. The molecule has 0 radical (unpaired) electrons. The number of halogens is 1. The van der Waals surface area contributed by atoms with Gasteiger partial charge in [0.2, 0.25) is 0 Å². The van der Waals surface area contributed by atoms with E-state index in [2.05, 4.69) is 15.4 Å². The summed E-state index contributed by atoms with van der Waals surface area (Å²) in [5.74, 6) is -0.100. The van der Waals surface area contributed by atoms with Gasteiger partial charge >= 0.3 is 0 Å². The van der Waals surface area contributed by atoms with Gasteiger partial charge in [-0.15, -0.1) is 11.6 Å². The van der Waals surface area contributed by atoms with Crippen LogP contribution in [0.4, 0.5) is 0 Å². The number of hydrogen-bond donors (Lipinski definition) is 1. The van der Waals surface area contributed by atoms with Gasteiger partial charge in [0.25, 0.3) is 5.91 Å². The van der Waals surface area contributed by atoms with Crippen LogP contribution in [0.2, 0.25) is 0 Å². The zero-order valence-corrected chi connectivity index (χ0v) is 7.66. The fourth-order valence-electron chi connectivity index (χ4n) is 1.37. The number of nitrogens with one attached hydrogen (secondary N) is 1. The second-order valence-corrected chi connectivity index (χ2v) is 3.61. The van der Waals surface area contributed by atoms with E-state index in [1.54, 1.807) is 4.90 Å². The van der Waals surface area contributed by atoms with Gasteiger partial charge in [0.15, 0.2) is 5.69 Å². The Morgan fingerprint density at radius 1 is 1.77 bits per heavy atom. The molecule has 0 aromatic carbocycles. The lowest BCUT2D eigenvalue weighted by Gasteiger charge is -2.12. The maximum atomic E-state index is 11.6. The topological polar surface area (TPSA) is 61.9 Å². The Bertz CT molecular complexity index is 299. The number of nitrogens with zero attached hydrogens (tertiary/aromatic N) is 3. The molecule has 1 amide bonds. The van der Waals surface area contributed by atoms with Crippen molar-refractivity contribution in [2.24, 2.45) is 0 Å². The molecule has 1 aliphatic heterocycles. The molecule has 0 bridgehead atoms. The summed E-state index contributed by atoms with van der Waals surface area (Å²) in [6.45, 7) is 1.31. The van der Waals surface area contributed by atoms with E-state index in [4.69, 9.17) is 11.6 Å². The third-order valence-electron chi connectivity index (χ3n) is 2.05. The van der Waals surface area contributed by atoms with Crippen LogP contribution in [0.5, 0.6) is 0 Å². The molecule has 70 valence electrons. The zero-order valence-electron chi connectivity index (χ0n) is 6.90. The minimum Gasteiger partial charge on any atom is -0.336 e. The van der Waals surface area contributed by atoms with E-state index in [1.165, 1.54) is 6.20 Å². The summed E-state index contributed by atoms with van der Waals surface area (Å²) in [6, 6.07) is 0. The Balaban J connectivity index is 2.06. The van der Waals surface area contributed by atoms with Gasteiger partial charge in [-0.05, 0) is 6.42 Å². The van der Waals surface area contributed by atoms with Gasteiger partial charge in [-0.25, -0.2) is 0 Å². The molecule has 5 nitrogen and oxygen atoms in total. The molecule has 6 heteroatoms. The quantitative estimate of drug-likeness (QED) is 0.662. The van der Waals surface area contributed by atoms with E-state index in [0.717, 1.165) is 6.42 Å². The molecular formula is C7H9ClN4O. The summed E-state index contributed by atoms with van der Waals surface area (Å²) >= 11 is 5.87. The summed E-state index contributed by atoms with van der Waals surface area (Å²) in [4.78, 5) is 13.3. The van der Waals surface area contributed by atoms with Crippen molar-refractivity contribution in [2.45, 2.75) is 11.8 Å². The number of hydrogen-bond acceptors (Lipinski definition) is 3. The second-order valence-electron chi connectivity index (χ2n) is 2.99. The molecule has 1 atom stereocenters. The normalized spacial score (nSPS) is 22.2. The molecule has 1 aromatic rings. The first-order valence-corrected chi connectivity index (χ1v) is 4.50. The van der Waals surface area contributed by atoms with Crippen LogP contribution in [0.15, 0.2) is 6.20 Å². The highest BCUT2D eigenvalue weighted by atomic mass is 35.5. The van der Waals surface area contributed by atoms with Crippen molar-refractivity contribution >= 4 is 17.5 Å². The van der Waals surface area contributed by atoms with E-state index in [0.29, 0.717) is 18.8 Å². The van der Waals surface area contributed by atoms with Crippen LogP contribution in [0, 0.1) is 0 Å². The van der Waals surface area contributed by atoms with Crippen molar-refractivity contribution in [3.8, 4) is 0 Å². The Hall–Kier alpha value is -1.10. The van der Waals surface area contributed by atoms with Crippen LogP contribution >= 0.6 is 11.6 Å². The van der Waals surface area contributed by atoms with Crippen LogP contribution in [0.3, 0.4) is 0 Å². The lowest BCUT2D eigenvalue weighted by atomic mass is 10.4. The summed E-state index contributed by atoms with van der Waals surface area (Å²) in [6.07, 6.45) is 2.27. The molecular weight excluding hydrogens is 192 g/mol. The molecule has 2 heterocycles. The first-order valence-electron chi connectivity index (χ1n) is 4.06. The first-order chi connectivity index (χ1) is 6.27. The minimum absolute atomic E-state index is 0.0795. The molecule has 2 rings (SSSR count). The fraction of sp³-hybridized carbons (Fsp3) is 0.571. The number of rotatable bonds is 1. The highest BCUT2D eigenvalue weighted by Crippen LogP contribution is 2.16. The molecule has 0 aliphatic carbocycles. The Morgan fingerprint density at radius 3 is 3.15 bits per heavy atom. The van der Waals surface area contributed by atoms with Crippen LogP contribution in [-0.2, 0) is 0 Å². The number of H-pyrrole nitrogens is 1. The summed E-state index contributed by atoms with van der Waals surface area (Å²) in [7, 11) is 0. The van der Waals surface area contributed by atoms with E-state index in [1.807, 2.05) is 0 Å². The monoisotopic (exact) mass is 200 g/mol. The molecule has 0 spiro atoms. The number of aromatic amines is 1. The minimum atomic E-state index is -0.100. The smallest absolute Gasteiger partial charge is 0.276 e. The average molecular weight is 201 g/mol. The van der Waals surface area contributed by atoms with E-state index in [9.17, 15) is 4.79 Å². The number of carbonyl (C=O) groups excluding carboxylic acids is 1. The third-order valence-corrected chi connectivity index (χ3v) is 2.41. The van der Waals surface area contributed by atoms with Crippen molar-refractivity contribution in [3.05, 3.63) is 11.9 Å². The maximum absolute atomic E-state index is 11.6. The zero-order chi connectivity index (χ0) is 9.26. The molecule has 1 N–H and O–H groups in total. The molecule has 1 fully saturated rings. The number of likely N-dealkylation sites (tertiary alicyclic amines) is 1. The van der Waals surface area contributed by atoms with E-state index in [-0.39, 0.29) is 11.3 Å². The van der Waals surface area contributed by atoms with Crippen molar-refractivity contribution in [3.63, 3.8) is 0 Å². The lowest BCUT2D eigenvalue weighted by molar-refractivity contribution is 0.0787. The molecule has 1 aromatic heterocycles. The SMILES string of the molecule is O=C(c1cn[nH]n1)N1CCC(Cl)C1. The van der Waals surface area contributed by atoms with Gasteiger partial charge in [0, 0.05) is 13.1 Å². The summed E-state index contributed by atoms with van der Waals surface area (Å²) in [5, 5.41) is 9.78. The Morgan fingerprint density at radius 2 is 2.62 bits per heavy atom. The summed E-state index contributed by atoms with van der Waals surface area (Å²) in [5.41, 5.74) is 0.353. The van der Waals surface area contributed by atoms with Crippen LogP contribution in [0.1, 0.15) is 16.9 Å². The molecule has 0 saturated carbocycles. The average Bonchev–Trinajstić information content (AvgIpc) is 2.72. The highest BCUT2D eigenvalue weighted by molar-refractivity contribution is 6.21. The highest BCUT2D eigenvalue weighted by Gasteiger charge is 2.26. The number of amides is 1. The van der Waals surface area contributed by atoms with Gasteiger partial charge in [-0.2, -0.15) is 15.4 Å². The van der Waals surface area contributed by atoms with Gasteiger partial charge < -0.3 is 4.90 Å². The predicted molar refractivity (Wildman–Crippen MR) is 46.5 cm³/mol. The Labute approximate surface area is 80.1 Å². The van der Waals surface area contributed by atoms with Crippen molar-refractivity contribution in [1.29, 1.82) is 0 Å². The van der Waals surface area contributed by atoms with Gasteiger partial charge in [-0.3, -0.25) is 4.79 Å². The van der Waals surface area contributed by atoms with E-state index >= 15 is 0 Å². The number of alkyl halides is 1. The molecule has 13 heavy (non-hydrogen) atoms. The lowest BCUT2D eigenvalue weighted by Crippen LogP contribution is -2.29. The number of carbonyl (C=O) groups is 1. The summed E-state index contributed by atoms with van der Waals surface area (Å²) < 4.78 is 0. The predicted octanol–water partition coefficient (Wildman–Crippen LogP) is 0.258. The van der Waals surface area contributed by atoms with Crippen molar-refractivity contribution in [1.82, 2.24) is 20.3 Å². The van der Waals surface area contributed by atoms with Crippen molar-refractivity contribution < 1.29 is 4.79 Å². The standard InChI is InChI=1S/C7H9ClN4O/c8-5-1-2-12(4-5)7(13)6-3-9-11-10-6/h3,5H,1-2,4H2,(H,9,10,11). The maximum Gasteiger partial charge on any atom is 0.276 e. The second kappa shape index (κ2) is 3.33. The largest absolute Gasteiger partial charge is 0.336 e. The molecule has 1 unspecified atom stereocenters. The van der Waals surface area contributed by atoms with Gasteiger partial charge in [-0.1, -0.05) is 0 Å². The Kier molecular flexibility index (Phi) is 2.18. The van der Waals surface area contributed by atoms with Crippen LogP contribution in [-0.4, -0.2) is 44.7 Å². The third kappa shape index (κ3) is 1.65. The molecule has 1 saturated heterocycles. The van der Waals surface area contributed by atoms with E-state index < -0.39 is 0 Å². The van der Waals surface area contributed by atoms with Crippen LogP contribution < -0.4 is 0 Å². The van der Waals surface area contributed by atoms with Crippen molar-refractivity contribution in [2.75, 3.05) is 13.1 Å². The first kappa shape index (κ1) is 8.50. The van der Waals surface area contributed by atoms with Gasteiger partial charge in [0.1, 0.15) is 0 Å². The fourth-order valence-corrected chi connectivity index (χ4v) is 1.63. The van der Waals surface area contributed by atoms with Crippen LogP contribution in [0.25, 0.3) is 0 Å².